The molecule has 1 aliphatic carbocycles. The SMILES string of the molecule is CC1(C)c2cccc3cccc(c23)-c2ccc3c4ccccc4n(-c4cccc5ccccc45)c3c21. The van der Waals surface area contributed by atoms with Crippen molar-refractivity contribution in [1.82, 2.24) is 4.57 Å². The number of fused-ring (bicyclic) bond motifs is 7. The quantitative estimate of drug-likeness (QED) is 0.230. The molecule has 36 heavy (non-hydrogen) atoms. The number of hydrogen-bond donors (Lipinski definition) is 0. The molecule has 1 heterocycles. The van der Waals surface area contributed by atoms with Crippen LogP contribution < -0.4 is 0 Å². The molecule has 0 fully saturated rings. The van der Waals surface area contributed by atoms with E-state index in [1.165, 1.54) is 71.3 Å². The monoisotopic (exact) mass is 459 g/mol. The summed E-state index contributed by atoms with van der Waals surface area (Å²) >= 11 is 0. The Kier molecular flexibility index (Phi) is 3.79. The Bertz CT molecular complexity index is 2010. The van der Waals surface area contributed by atoms with Crippen LogP contribution in [0.4, 0.5) is 0 Å². The third kappa shape index (κ3) is 2.40. The lowest BCUT2D eigenvalue weighted by molar-refractivity contribution is 0.649. The van der Waals surface area contributed by atoms with Crippen LogP contribution in [0.15, 0.2) is 115 Å². The van der Waals surface area contributed by atoms with Crippen molar-refractivity contribution in [2.24, 2.45) is 0 Å². The van der Waals surface area contributed by atoms with Crippen LogP contribution in [0.3, 0.4) is 0 Å². The maximum absolute atomic E-state index is 2.53. The van der Waals surface area contributed by atoms with Crippen LogP contribution in [0, 0.1) is 0 Å². The van der Waals surface area contributed by atoms with Gasteiger partial charge in [0.05, 0.1) is 16.7 Å². The molecule has 0 N–H and O–H groups in total. The van der Waals surface area contributed by atoms with Gasteiger partial charge in [0.15, 0.2) is 0 Å². The maximum atomic E-state index is 2.53. The molecule has 0 amide bonds. The Morgan fingerprint density at radius 3 is 2.11 bits per heavy atom. The molecule has 0 atom stereocenters. The van der Waals surface area contributed by atoms with Crippen molar-refractivity contribution in [3.8, 4) is 16.8 Å². The predicted octanol–water partition coefficient (Wildman–Crippen LogP) is 9.40. The van der Waals surface area contributed by atoms with Gasteiger partial charge in [0, 0.05) is 21.6 Å². The van der Waals surface area contributed by atoms with Crippen LogP contribution in [0.2, 0.25) is 0 Å². The average molecular weight is 460 g/mol. The van der Waals surface area contributed by atoms with E-state index in [2.05, 4.69) is 134 Å². The van der Waals surface area contributed by atoms with Crippen molar-refractivity contribution in [3.63, 3.8) is 0 Å². The van der Waals surface area contributed by atoms with Gasteiger partial charge in [-0.05, 0) is 50.5 Å². The molecule has 0 aliphatic heterocycles. The van der Waals surface area contributed by atoms with Crippen LogP contribution >= 0.6 is 0 Å². The van der Waals surface area contributed by atoms with Crippen LogP contribution in [0.25, 0.3) is 60.2 Å². The van der Waals surface area contributed by atoms with Crippen LogP contribution in [-0.4, -0.2) is 4.57 Å². The molecule has 0 saturated carbocycles. The van der Waals surface area contributed by atoms with Gasteiger partial charge in [-0.15, -0.1) is 0 Å². The summed E-state index contributed by atoms with van der Waals surface area (Å²) in [7, 11) is 0. The standard InChI is InChI=1S/C35H25N/c1-35(2)29-17-8-13-23-12-7-16-26(32(23)29)27-20-21-28-25-15-5-6-18-31(25)36(34(28)33(27)35)30-19-9-11-22-10-3-4-14-24(22)30/h3-21H,1-2H3. The number of rotatable bonds is 1. The van der Waals surface area contributed by atoms with Crippen LogP contribution in [0.1, 0.15) is 25.0 Å². The molecule has 0 saturated heterocycles. The lowest BCUT2D eigenvalue weighted by Crippen LogP contribution is -2.24. The van der Waals surface area contributed by atoms with E-state index in [0.29, 0.717) is 0 Å². The van der Waals surface area contributed by atoms with Crippen LogP contribution in [0.5, 0.6) is 0 Å². The number of para-hydroxylation sites is 1. The first-order valence-electron chi connectivity index (χ1n) is 12.7. The lowest BCUT2D eigenvalue weighted by Gasteiger charge is -2.36. The summed E-state index contributed by atoms with van der Waals surface area (Å²) in [6.07, 6.45) is 0. The first-order valence-corrected chi connectivity index (χ1v) is 12.7. The average Bonchev–Trinajstić information content (AvgIpc) is 3.25. The molecule has 0 radical (unpaired) electrons. The van der Waals surface area contributed by atoms with Gasteiger partial charge in [-0.1, -0.05) is 117 Å². The Hall–Kier alpha value is -4.36. The first-order chi connectivity index (χ1) is 17.6. The molecule has 170 valence electrons. The van der Waals surface area contributed by atoms with Gasteiger partial charge in [0.2, 0.25) is 0 Å². The van der Waals surface area contributed by atoms with E-state index < -0.39 is 0 Å². The Morgan fingerprint density at radius 1 is 0.528 bits per heavy atom. The molecular formula is C35H25N. The summed E-state index contributed by atoms with van der Waals surface area (Å²) in [4.78, 5) is 0. The highest BCUT2D eigenvalue weighted by atomic mass is 15.0. The summed E-state index contributed by atoms with van der Waals surface area (Å²) in [6.45, 7) is 4.81. The molecule has 0 unspecified atom stereocenters. The van der Waals surface area contributed by atoms with Gasteiger partial charge in [-0.2, -0.15) is 0 Å². The van der Waals surface area contributed by atoms with Gasteiger partial charge in [0.1, 0.15) is 0 Å². The summed E-state index contributed by atoms with van der Waals surface area (Å²) in [5.74, 6) is 0. The fourth-order valence-electron chi connectivity index (χ4n) is 6.79. The van der Waals surface area contributed by atoms with Crippen LogP contribution in [-0.2, 0) is 5.41 Å². The van der Waals surface area contributed by atoms with Gasteiger partial charge in [-0.25, -0.2) is 0 Å². The minimum absolute atomic E-state index is 0.153. The highest BCUT2D eigenvalue weighted by Gasteiger charge is 2.36. The van der Waals surface area contributed by atoms with E-state index >= 15 is 0 Å². The molecule has 6 aromatic carbocycles. The fraction of sp³-hybridized carbons (Fsp3) is 0.0857. The van der Waals surface area contributed by atoms with Crippen molar-refractivity contribution < 1.29 is 0 Å². The highest BCUT2D eigenvalue weighted by molar-refractivity contribution is 6.15. The number of hydrogen-bond acceptors (Lipinski definition) is 0. The number of nitrogens with zero attached hydrogens (tertiary/aromatic N) is 1. The van der Waals surface area contributed by atoms with E-state index in [1.54, 1.807) is 0 Å². The van der Waals surface area contributed by atoms with E-state index in [1.807, 2.05) is 0 Å². The van der Waals surface area contributed by atoms with Crippen molar-refractivity contribution in [2.75, 3.05) is 0 Å². The third-order valence-corrected chi connectivity index (χ3v) is 8.34. The topological polar surface area (TPSA) is 4.93 Å². The molecule has 1 aromatic heterocycles. The first kappa shape index (κ1) is 19.9. The zero-order chi connectivity index (χ0) is 24.0. The van der Waals surface area contributed by atoms with E-state index in [4.69, 9.17) is 0 Å². The normalized spacial score (nSPS) is 14.1. The van der Waals surface area contributed by atoms with Crippen molar-refractivity contribution in [3.05, 3.63) is 126 Å². The van der Waals surface area contributed by atoms with E-state index in [-0.39, 0.29) is 5.41 Å². The summed E-state index contributed by atoms with van der Waals surface area (Å²) < 4.78 is 2.53. The van der Waals surface area contributed by atoms with Gasteiger partial charge in [0.25, 0.3) is 0 Å². The molecule has 7 aromatic rings. The second-order valence-corrected chi connectivity index (χ2v) is 10.6. The predicted molar refractivity (Wildman–Crippen MR) is 153 cm³/mol. The zero-order valence-corrected chi connectivity index (χ0v) is 20.4. The Labute approximate surface area is 210 Å². The largest absolute Gasteiger partial charge is 0.308 e. The minimum atomic E-state index is -0.153. The molecule has 0 bridgehead atoms. The smallest absolute Gasteiger partial charge is 0.0588 e. The summed E-state index contributed by atoms with van der Waals surface area (Å²) in [5, 5.41) is 7.87. The summed E-state index contributed by atoms with van der Waals surface area (Å²) in [6, 6.07) is 42.5. The Balaban J connectivity index is 1.63. The molecular weight excluding hydrogens is 434 g/mol. The van der Waals surface area contributed by atoms with Crippen molar-refractivity contribution in [1.29, 1.82) is 0 Å². The second kappa shape index (κ2) is 6.86. The van der Waals surface area contributed by atoms with Gasteiger partial charge < -0.3 is 4.57 Å². The zero-order valence-electron chi connectivity index (χ0n) is 20.4. The highest BCUT2D eigenvalue weighted by Crippen LogP contribution is 2.52. The second-order valence-electron chi connectivity index (χ2n) is 10.6. The lowest BCUT2D eigenvalue weighted by atomic mass is 9.68. The molecule has 8 rings (SSSR count). The maximum Gasteiger partial charge on any atom is 0.0588 e. The van der Waals surface area contributed by atoms with Crippen molar-refractivity contribution in [2.45, 2.75) is 19.3 Å². The van der Waals surface area contributed by atoms with Gasteiger partial charge >= 0.3 is 0 Å². The number of benzene rings is 6. The summed E-state index contributed by atoms with van der Waals surface area (Å²) in [5.41, 5.74) is 9.17. The Morgan fingerprint density at radius 2 is 1.22 bits per heavy atom. The van der Waals surface area contributed by atoms with Gasteiger partial charge in [-0.3, -0.25) is 0 Å². The molecule has 1 nitrogen and oxygen atoms in total. The third-order valence-electron chi connectivity index (χ3n) is 8.34. The number of aromatic nitrogens is 1. The van der Waals surface area contributed by atoms with E-state index in [9.17, 15) is 0 Å². The van der Waals surface area contributed by atoms with E-state index in [0.717, 1.165) is 0 Å². The fourth-order valence-corrected chi connectivity index (χ4v) is 6.79. The molecule has 1 heteroatoms. The molecule has 0 spiro atoms. The molecule has 1 aliphatic rings. The van der Waals surface area contributed by atoms with Crippen molar-refractivity contribution >= 4 is 43.4 Å². The minimum Gasteiger partial charge on any atom is -0.308 e.